The van der Waals surface area contributed by atoms with Crippen LogP contribution in [0.25, 0.3) is 16.9 Å². The van der Waals surface area contributed by atoms with Gasteiger partial charge in [0.2, 0.25) is 5.28 Å². The number of aromatic nitrogens is 2. The first-order chi connectivity index (χ1) is 23.3. The molecule has 1 amide bonds. The molecule has 0 bridgehead atoms. The van der Waals surface area contributed by atoms with Crippen molar-refractivity contribution in [3.8, 4) is 16.9 Å². The molecule has 3 aromatic carbocycles. The summed E-state index contributed by atoms with van der Waals surface area (Å²) in [5.74, 6) is -0.659. The van der Waals surface area contributed by atoms with Gasteiger partial charge >= 0.3 is 18.2 Å². The molecule has 18 heteroatoms. The van der Waals surface area contributed by atoms with Crippen LogP contribution in [-0.4, -0.2) is 66.2 Å². The second kappa shape index (κ2) is 14.6. The molecule has 1 aromatic heterocycles. The van der Waals surface area contributed by atoms with Crippen molar-refractivity contribution in [2.75, 3.05) is 19.9 Å². The summed E-state index contributed by atoms with van der Waals surface area (Å²) in [6.07, 6.45) is -6.37. The molecule has 14 nitrogen and oxygen atoms in total. The number of alkyl halides is 3. The van der Waals surface area contributed by atoms with Crippen LogP contribution in [0.5, 0.6) is 0 Å². The number of nitrogens with one attached hydrogen (secondary N) is 1. The molecule has 0 atom stereocenters. The highest BCUT2D eigenvalue weighted by Crippen LogP contribution is 2.33. The molecular weight excluding hydrogens is 673 g/mol. The van der Waals surface area contributed by atoms with Crippen molar-refractivity contribution >= 4 is 22.1 Å². The Morgan fingerprint density at radius 2 is 1.67 bits per heavy atom. The Hall–Kier alpha value is -5.65. The summed E-state index contributed by atoms with van der Waals surface area (Å²) in [5, 5.41) is 20.5. The van der Waals surface area contributed by atoms with Crippen LogP contribution >= 0.6 is 0 Å². The lowest BCUT2D eigenvalue weighted by atomic mass is 10.1. The van der Waals surface area contributed by atoms with Gasteiger partial charge in [0.1, 0.15) is 6.10 Å². The van der Waals surface area contributed by atoms with E-state index in [1.54, 1.807) is 54.6 Å². The van der Waals surface area contributed by atoms with E-state index >= 15 is 0 Å². The van der Waals surface area contributed by atoms with Crippen molar-refractivity contribution in [3.63, 3.8) is 0 Å². The predicted octanol–water partition coefficient (Wildman–Crippen LogP) is 5.37. The van der Waals surface area contributed by atoms with Gasteiger partial charge in [-0.2, -0.15) is 18.3 Å². The molecule has 1 N–H and O–H groups in total. The van der Waals surface area contributed by atoms with Crippen LogP contribution < -0.4 is 4.72 Å². The Morgan fingerprint density at radius 3 is 2.31 bits per heavy atom. The van der Waals surface area contributed by atoms with E-state index in [9.17, 15) is 36.4 Å². The number of aryl methyl sites for hydroxylation is 1. The van der Waals surface area contributed by atoms with Gasteiger partial charge in [0.05, 0.1) is 39.9 Å². The molecule has 258 valence electrons. The first-order valence-corrected chi connectivity index (χ1v) is 16.1. The van der Waals surface area contributed by atoms with Gasteiger partial charge in [-0.1, -0.05) is 48.0 Å². The number of esters is 1. The highest BCUT2D eigenvalue weighted by Gasteiger charge is 2.35. The van der Waals surface area contributed by atoms with E-state index < -0.39 is 46.9 Å². The number of piperidine rings is 1. The Kier molecular flexibility index (Phi) is 10.4. The average Bonchev–Trinajstić information content (AvgIpc) is 3.54. The van der Waals surface area contributed by atoms with Gasteiger partial charge in [-0.25, -0.2) is 27.4 Å². The quantitative estimate of drug-likeness (QED) is 0.0567. The number of carbonyl (C=O) groups excluding carboxylic acids is 2. The highest BCUT2D eigenvalue weighted by molar-refractivity contribution is 7.90. The topological polar surface area (TPSA) is 167 Å². The third-order valence-electron chi connectivity index (χ3n) is 7.27. The van der Waals surface area contributed by atoms with Gasteiger partial charge in [-0.3, -0.25) is 0 Å². The Labute approximate surface area is 277 Å². The molecule has 0 spiro atoms. The van der Waals surface area contributed by atoms with Crippen LogP contribution in [0.2, 0.25) is 0 Å². The van der Waals surface area contributed by atoms with Crippen molar-refractivity contribution in [1.29, 1.82) is 0 Å². The predicted molar refractivity (Wildman–Crippen MR) is 164 cm³/mol. The Morgan fingerprint density at radius 1 is 1.02 bits per heavy atom. The monoisotopic (exact) mass is 702 g/mol. The van der Waals surface area contributed by atoms with Crippen LogP contribution in [-0.2, 0) is 30.5 Å². The molecule has 0 radical (unpaired) electrons. The number of halogens is 3. The van der Waals surface area contributed by atoms with E-state index in [4.69, 9.17) is 14.3 Å². The van der Waals surface area contributed by atoms with Crippen molar-refractivity contribution in [2.45, 2.75) is 36.9 Å². The second-order valence-corrected chi connectivity index (χ2v) is 12.4. The minimum Gasteiger partial charge on any atom is -0.569 e. The van der Waals surface area contributed by atoms with Crippen LogP contribution in [0.3, 0.4) is 0 Å². The number of hydrogen-bond donors (Lipinski definition) is 1. The van der Waals surface area contributed by atoms with E-state index in [2.05, 4.69) is 10.4 Å². The first kappa shape index (κ1) is 34.7. The number of nitrogens with zero attached hydrogens (tertiary/aromatic N) is 5. The number of sulfonamides is 1. The maximum Gasteiger partial charge on any atom is 0.435 e. The second-order valence-electron chi connectivity index (χ2n) is 10.7. The number of benzene rings is 3. The van der Waals surface area contributed by atoms with E-state index in [-0.39, 0.29) is 47.2 Å². The van der Waals surface area contributed by atoms with E-state index in [1.807, 2.05) is 11.6 Å². The molecule has 2 heterocycles. The van der Waals surface area contributed by atoms with Gasteiger partial charge in [0, 0.05) is 18.4 Å². The van der Waals surface area contributed by atoms with Gasteiger partial charge in [0.15, 0.2) is 5.69 Å². The maximum atomic E-state index is 13.5. The van der Waals surface area contributed by atoms with Gasteiger partial charge in [0.25, 0.3) is 16.8 Å². The number of carbonyl (C=O) groups is 2. The molecule has 0 unspecified atom stereocenters. The van der Waals surface area contributed by atoms with Crippen LogP contribution in [0.1, 0.15) is 34.5 Å². The largest absolute Gasteiger partial charge is 0.569 e. The lowest BCUT2D eigenvalue weighted by Gasteiger charge is -2.27. The molecule has 1 fully saturated rings. The Balaban J connectivity index is 1.13. The van der Waals surface area contributed by atoms with Crippen molar-refractivity contribution in [3.05, 3.63) is 107 Å². The highest BCUT2D eigenvalue weighted by atomic mass is 32.2. The summed E-state index contributed by atoms with van der Waals surface area (Å²) in [6, 6.07) is 20.6. The lowest BCUT2D eigenvalue weighted by molar-refractivity contribution is -0.714. The molecule has 0 saturated carbocycles. The van der Waals surface area contributed by atoms with Crippen molar-refractivity contribution in [1.82, 2.24) is 19.5 Å². The van der Waals surface area contributed by atoms with Crippen LogP contribution in [0.4, 0.5) is 18.0 Å². The fourth-order valence-electron chi connectivity index (χ4n) is 4.75. The van der Waals surface area contributed by atoms with E-state index in [0.717, 1.165) is 28.4 Å². The van der Waals surface area contributed by atoms with E-state index in [1.165, 1.54) is 17.1 Å². The number of amides is 1. The first-order valence-electron chi connectivity index (χ1n) is 14.7. The normalized spacial score (nSPS) is 14.3. The van der Waals surface area contributed by atoms with Gasteiger partial charge in [-0.05, 0) is 49.4 Å². The fraction of sp³-hybridized carbons (Fsp3) is 0.258. The third-order valence-corrected chi connectivity index (χ3v) is 8.60. The molecule has 4 aromatic rings. The number of hydrazine groups is 1. The maximum absolute atomic E-state index is 13.5. The molecule has 1 aliphatic heterocycles. The lowest BCUT2D eigenvalue weighted by Crippen LogP contribution is -2.43. The summed E-state index contributed by atoms with van der Waals surface area (Å²) in [7, 11) is -4.43. The SMILES string of the molecule is Cc1ccc(-c2cc(C(F)(F)F)nn2-c2ccc(S(=O)(=O)NC(=O)OC3CCN(/[N+]([O-])=N/OCOC(=O)c4ccccc4)CC3)cc2)cc1. The van der Waals surface area contributed by atoms with Crippen molar-refractivity contribution < 1.29 is 50.5 Å². The minimum atomic E-state index is -4.71. The van der Waals surface area contributed by atoms with Crippen LogP contribution in [0, 0.1) is 12.1 Å². The molecule has 49 heavy (non-hydrogen) atoms. The average molecular weight is 703 g/mol. The summed E-state index contributed by atoms with van der Waals surface area (Å²) < 4.78 is 79.3. The molecular formula is C31H29F3N6O8S. The number of hydrogen-bond acceptors (Lipinski definition) is 10. The molecule has 5 rings (SSSR count). The molecule has 0 aliphatic carbocycles. The summed E-state index contributed by atoms with van der Waals surface area (Å²) in [6.45, 7) is 1.41. The van der Waals surface area contributed by atoms with E-state index in [0.29, 0.717) is 11.1 Å². The zero-order valence-electron chi connectivity index (χ0n) is 25.7. The van der Waals surface area contributed by atoms with Crippen molar-refractivity contribution in [2.24, 2.45) is 5.28 Å². The van der Waals surface area contributed by atoms with Gasteiger partial charge < -0.3 is 19.5 Å². The summed E-state index contributed by atoms with van der Waals surface area (Å²) in [5.41, 5.74) is 0.838. The number of rotatable bonds is 10. The Bertz CT molecular complexity index is 1910. The third kappa shape index (κ3) is 8.83. The zero-order chi connectivity index (χ0) is 35.2. The van der Waals surface area contributed by atoms with Crippen LogP contribution in [0.15, 0.2) is 95.1 Å². The standard InChI is InChI=1S/C31H29F3N6O8S/c1-21-7-9-22(10-8-21)27-19-28(31(32,33)34)35-39(27)24-11-13-26(14-12-24)49(44,45)36-30(42)48-25-15-17-38(18-16-25)40(43)37-47-20-46-29(41)23-5-3-2-4-6-23/h2-14,19,25H,15-18,20H2,1H3,(H,36,42)/b40-37-. The molecule has 1 saturated heterocycles. The smallest absolute Gasteiger partial charge is 0.435 e. The molecule has 1 aliphatic rings. The van der Waals surface area contributed by atoms with Gasteiger partial charge in [-0.15, -0.1) is 5.01 Å². The summed E-state index contributed by atoms with van der Waals surface area (Å²) >= 11 is 0. The zero-order valence-corrected chi connectivity index (χ0v) is 26.6. The number of ether oxygens (including phenoxy) is 2. The fourth-order valence-corrected chi connectivity index (χ4v) is 5.63. The minimum absolute atomic E-state index is 0.0837. The summed E-state index contributed by atoms with van der Waals surface area (Å²) in [4.78, 5) is 28.9.